The highest BCUT2D eigenvalue weighted by Crippen LogP contribution is 2.38. The van der Waals surface area contributed by atoms with Gasteiger partial charge in [-0.3, -0.25) is 9.88 Å². The van der Waals surface area contributed by atoms with Crippen molar-refractivity contribution in [3.63, 3.8) is 0 Å². The zero-order valence-electron chi connectivity index (χ0n) is 12.8. The molecule has 0 spiro atoms. The van der Waals surface area contributed by atoms with E-state index in [-0.39, 0.29) is 24.4 Å². The number of amides is 1. The number of carboxylic acid groups (broad SMARTS) is 1. The normalized spacial score (nSPS) is 10.4. The number of hydrogen-bond donors (Lipinski definition) is 1. The number of methoxy groups -OCH3 is 2. The van der Waals surface area contributed by atoms with Gasteiger partial charge in [-0.15, -0.1) is 0 Å². The summed E-state index contributed by atoms with van der Waals surface area (Å²) in [7, 11) is 2.91. The van der Waals surface area contributed by atoms with Crippen LogP contribution >= 0.6 is 0 Å². The Morgan fingerprint density at radius 1 is 1.35 bits per heavy atom. The van der Waals surface area contributed by atoms with E-state index < -0.39 is 11.9 Å². The van der Waals surface area contributed by atoms with Crippen LogP contribution < -0.4 is 9.64 Å². The molecule has 0 unspecified atom stereocenters. The molecule has 1 heterocycles. The van der Waals surface area contributed by atoms with Crippen molar-refractivity contribution in [2.24, 2.45) is 0 Å². The van der Waals surface area contributed by atoms with E-state index in [0.717, 1.165) is 4.90 Å². The molecule has 0 saturated heterocycles. The van der Waals surface area contributed by atoms with Gasteiger partial charge in [0, 0.05) is 18.9 Å². The van der Waals surface area contributed by atoms with E-state index in [1.165, 1.54) is 38.7 Å². The molecule has 1 aromatic carbocycles. The fraction of sp³-hybridized carbons (Fsp3) is 0.250. The van der Waals surface area contributed by atoms with Crippen LogP contribution in [0, 0.1) is 5.82 Å². The molecule has 7 heteroatoms. The van der Waals surface area contributed by atoms with Crippen LogP contribution in [0.4, 0.5) is 14.9 Å². The lowest BCUT2D eigenvalue weighted by Gasteiger charge is -2.22. The molecule has 0 radical (unpaired) electrons. The van der Waals surface area contributed by atoms with Crippen LogP contribution in [0.25, 0.3) is 11.1 Å². The van der Waals surface area contributed by atoms with Crippen molar-refractivity contribution in [2.75, 3.05) is 32.3 Å². The van der Waals surface area contributed by atoms with Crippen LogP contribution in [-0.4, -0.2) is 43.6 Å². The van der Waals surface area contributed by atoms with Crippen LogP contribution in [0.2, 0.25) is 0 Å². The summed E-state index contributed by atoms with van der Waals surface area (Å²) in [6.45, 7) is 0.302. The van der Waals surface area contributed by atoms with Crippen molar-refractivity contribution >= 4 is 11.8 Å². The molecule has 6 nitrogen and oxygen atoms in total. The van der Waals surface area contributed by atoms with Crippen LogP contribution in [0.3, 0.4) is 0 Å². The number of halogens is 1. The molecule has 0 saturated carbocycles. The highest BCUT2D eigenvalue weighted by atomic mass is 19.1. The number of hydrogen-bond acceptors (Lipinski definition) is 4. The molecule has 1 N–H and O–H groups in total. The number of rotatable bonds is 6. The van der Waals surface area contributed by atoms with Crippen LogP contribution in [0.5, 0.6) is 5.75 Å². The van der Waals surface area contributed by atoms with Gasteiger partial charge in [0.05, 0.1) is 37.7 Å². The van der Waals surface area contributed by atoms with Gasteiger partial charge in [-0.2, -0.15) is 0 Å². The van der Waals surface area contributed by atoms with Crippen LogP contribution in [0.1, 0.15) is 0 Å². The first-order chi connectivity index (χ1) is 11.1. The number of benzene rings is 1. The summed E-state index contributed by atoms with van der Waals surface area (Å²) in [6.07, 6.45) is 1.68. The van der Waals surface area contributed by atoms with Gasteiger partial charge in [0.15, 0.2) is 0 Å². The minimum Gasteiger partial charge on any atom is -0.496 e. The zero-order chi connectivity index (χ0) is 16.8. The molecule has 122 valence electrons. The van der Waals surface area contributed by atoms with Crippen molar-refractivity contribution in [3.8, 4) is 16.9 Å². The SMILES string of the molecule is COCCN(C(=O)O)c1cnccc1-c1c(F)cccc1OC. The van der Waals surface area contributed by atoms with E-state index in [9.17, 15) is 14.3 Å². The molecule has 0 aliphatic heterocycles. The molecule has 0 atom stereocenters. The molecular formula is C16H17FN2O4. The van der Waals surface area contributed by atoms with E-state index in [0.29, 0.717) is 11.3 Å². The summed E-state index contributed by atoms with van der Waals surface area (Å²) >= 11 is 0. The second-order valence-corrected chi connectivity index (χ2v) is 4.64. The third-order valence-electron chi connectivity index (χ3n) is 3.31. The summed E-state index contributed by atoms with van der Waals surface area (Å²) in [6, 6.07) is 5.99. The summed E-state index contributed by atoms with van der Waals surface area (Å²) in [5.41, 5.74) is 0.838. The lowest BCUT2D eigenvalue weighted by Crippen LogP contribution is -2.33. The van der Waals surface area contributed by atoms with E-state index in [2.05, 4.69) is 4.98 Å². The second kappa shape index (κ2) is 7.55. The molecule has 0 aliphatic carbocycles. The minimum atomic E-state index is -1.17. The lowest BCUT2D eigenvalue weighted by molar-refractivity contribution is 0.186. The summed E-state index contributed by atoms with van der Waals surface area (Å²) in [5, 5.41) is 9.44. The number of nitrogens with zero attached hydrogens (tertiary/aromatic N) is 2. The van der Waals surface area contributed by atoms with Crippen molar-refractivity contribution < 1.29 is 23.8 Å². The lowest BCUT2D eigenvalue weighted by atomic mass is 10.0. The maximum atomic E-state index is 14.3. The van der Waals surface area contributed by atoms with E-state index in [4.69, 9.17) is 9.47 Å². The van der Waals surface area contributed by atoms with Gasteiger partial charge in [-0.1, -0.05) is 6.07 Å². The van der Waals surface area contributed by atoms with Gasteiger partial charge < -0.3 is 14.6 Å². The van der Waals surface area contributed by atoms with Gasteiger partial charge in [-0.25, -0.2) is 9.18 Å². The quantitative estimate of drug-likeness (QED) is 0.886. The predicted molar refractivity (Wildman–Crippen MR) is 83.4 cm³/mol. The molecule has 2 rings (SSSR count). The van der Waals surface area contributed by atoms with Gasteiger partial charge in [0.2, 0.25) is 0 Å². The van der Waals surface area contributed by atoms with Crippen molar-refractivity contribution in [1.82, 2.24) is 4.98 Å². The minimum absolute atomic E-state index is 0.0985. The first-order valence-corrected chi connectivity index (χ1v) is 6.86. The third kappa shape index (κ3) is 3.57. The van der Waals surface area contributed by atoms with Crippen molar-refractivity contribution in [2.45, 2.75) is 0 Å². The largest absolute Gasteiger partial charge is 0.496 e. The Kier molecular flexibility index (Phi) is 5.48. The number of ether oxygens (including phenoxy) is 2. The first-order valence-electron chi connectivity index (χ1n) is 6.86. The van der Waals surface area contributed by atoms with Crippen LogP contribution in [0.15, 0.2) is 36.7 Å². The number of aromatic nitrogens is 1. The Hall–Kier alpha value is -2.67. The molecule has 23 heavy (non-hydrogen) atoms. The topological polar surface area (TPSA) is 71.9 Å². The first kappa shape index (κ1) is 16.7. The predicted octanol–water partition coefficient (Wildman–Crippen LogP) is 3.03. The Labute approximate surface area is 133 Å². The smallest absolute Gasteiger partial charge is 0.411 e. The molecule has 0 fully saturated rings. The zero-order valence-corrected chi connectivity index (χ0v) is 12.8. The highest BCUT2D eigenvalue weighted by molar-refractivity contribution is 5.93. The average molecular weight is 320 g/mol. The van der Waals surface area contributed by atoms with Gasteiger partial charge in [0.1, 0.15) is 11.6 Å². The third-order valence-corrected chi connectivity index (χ3v) is 3.31. The molecular weight excluding hydrogens is 303 g/mol. The average Bonchev–Trinajstić information content (AvgIpc) is 2.55. The molecule has 0 bridgehead atoms. The standard InChI is InChI=1S/C16H17FN2O4/c1-22-9-8-19(16(20)21)13-10-18-7-6-11(13)15-12(17)4-3-5-14(15)23-2/h3-7,10H,8-9H2,1-2H3,(H,20,21). The van der Waals surface area contributed by atoms with E-state index in [1.807, 2.05) is 0 Å². The Bertz CT molecular complexity index is 694. The monoisotopic (exact) mass is 320 g/mol. The van der Waals surface area contributed by atoms with Crippen molar-refractivity contribution in [3.05, 3.63) is 42.5 Å². The van der Waals surface area contributed by atoms with Crippen molar-refractivity contribution in [1.29, 1.82) is 0 Å². The number of carbonyl (C=O) groups is 1. The Morgan fingerprint density at radius 2 is 2.13 bits per heavy atom. The fourth-order valence-corrected chi connectivity index (χ4v) is 2.25. The Balaban J connectivity index is 2.60. The summed E-state index contributed by atoms with van der Waals surface area (Å²) < 4.78 is 24.5. The molecule has 0 aliphatic rings. The molecule has 2 aromatic rings. The molecule has 1 amide bonds. The number of pyridine rings is 1. The van der Waals surface area contributed by atoms with Gasteiger partial charge >= 0.3 is 6.09 Å². The highest BCUT2D eigenvalue weighted by Gasteiger charge is 2.22. The van der Waals surface area contributed by atoms with E-state index >= 15 is 0 Å². The van der Waals surface area contributed by atoms with E-state index in [1.54, 1.807) is 12.1 Å². The maximum Gasteiger partial charge on any atom is 0.411 e. The fourth-order valence-electron chi connectivity index (χ4n) is 2.25. The van der Waals surface area contributed by atoms with Gasteiger partial charge in [-0.05, 0) is 18.2 Å². The van der Waals surface area contributed by atoms with Crippen LogP contribution in [-0.2, 0) is 4.74 Å². The summed E-state index contributed by atoms with van der Waals surface area (Å²) in [4.78, 5) is 16.6. The maximum absolute atomic E-state index is 14.3. The molecule has 1 aromatic heterocycles. The summed E-state index contributed by atoms with van der Waals surface area (Å²) in [5.74, 6) is -0.191. The Morgan fingerprint density at radius 3 is 2.78 bits per heavy atom. The van der Waals surface area contributed by atoms with Gasteiger partial charge in [0.25, 0.3) is 0 Å². The number of anilines is 1. The second-order valence-electron chi connectivity index (χ2n) is 4.64.